The van der Waals surface area contributed by atoms with Crippen molar-refractivity contribution in [3.8, 4) is 16.3 Å². The summed E-state index contributed by atoms with van der Waals surface area (Å²) in [4.78, 5) is 14.1. The molecule has 1 N–H and O–H groups in total. The maximum atomic E-state index is 13.1. The minimum atomic E-state index is -0.178. The van der Waals surface area contributed by atoms with Crippen LogP contribution < -0.4 is 5.32 Å². The number of anilines is 1. The van der Waals surface area contributed by atoms with Crippen molar-refractivity contribution >= 4 is 22.9 Å². The second kappa shape index (κ2) is 7.21. The molecule has 0 saturated carbocycles. The van der Waals surface area contributed by atoms with Crippen LogP contribution in [-0.2, 0) is 0 Å². The summed E-state index contributed by atoms with van der Waals surface area (Å²) in [6.45, 7) is 4.05. The predicted octanol–water partition coefficient (Wildman–Crippen LogP) is 5.47. The number of para-hydroxylation sites is 1. The molecule has 0 bridgehead atoms. The molecular formula is C22H19N3OS. The molecule has 4 aromatic rings. The third kappa shape index (κ3) is 3.41. The van der Waals surface area contributed by atoms with Gasteiger partial charge >= 0.3 is 0 Å². The zero-order chi connectivity index (χ0) is 18.8. The van der Waals surface area contributed by atoms with Gasteiger partial charge < -0.3 is 5.32 Å². The highest BCUT2D eigenvalue weighted by Crippen LogP contribution is 2.27. The molecule has 0 fully saturated rings. The SMILES string of the molecule is Cc1cccc(NC(=O)c2cc(-c3cccs3)nn2-c2ccccc2)c1C. The molecule has 2 aromatic heterocycles. The Morgan fingerprint density at radius 2 is 1.81 bits per heavy atom. The molecule has 134 valence electrons. The Labute approximate surface area is 162 Å². The van der Waals surface area contributed by atoms with Gasteiger partial charge in [0.25, 0.3) is 5.91 Å². The van der Waals surface area contributed by atoms with Crippen LogP contribution >= 0.6 is 11.3 Å². The number of rotatable bonds is 4. The summed E-state index contributed by atoms with van der Waals surface area (Å²) in [6.07, 6.45) is 0. The number of aryl methyl sites for hydroxylation is 1. The highest BCUT2D eigenvalue weighted by molar-refractivity contribution is 7.13. The maximum Gasteiger partial charge on any atom is 0.274 e. The van der Waals surface area contributed by atoms with E-state index >= 15 is 0 Å². The van der Waals surface area contributed by atoms with Crippen molar-refractivity contribution < 1.29 is 4.79 Å². The van der Waals surface area contributed by atoms with Gasteiger partial charge in [0, 0.05) is 5.69 Å². The first kappa shape index (κ1) is 17.2. The maximum absolute atomic E-state index is 13.1. The van der Waals surface area contributed by atoms with E-state index in [-0.39, 0.29) is 5.91 Å². The Morgan fingerprint density at radius 1 is 1.00 bits per heavy atom. The standard InChI is InChI=1S/C22H19N3OS/c1-15-8-6-11-18(16(15)2)23-22(26)20-14-19(21-12-7-13-27-21)24-25(20)17-9-4-3-5-10-17/h3-14H,1-2H3,(H,23,26). The van der Waals surface area contributed by atoms with Crippen LogP contribution in [0, 0.1) is 13.8 Å². The lowest BCUT2D eigenvalue weighted by atomic mass is 10.1. The zero-order valence-corrected chi connectivity index (χ0v) is 16.0. The molecule has 27 heavy (non-hydrogen) atoms. The second-order valence-corrected chi connectivity index (χ2v) is 7.29. The second-order valence-electron chi connectivity index (χ2n) is 6.34. The highest BCUT2D eigenvalue weighted by atomic mass is 32.1. The number of carbonyl (C=O) groups is 1. The van der Waals surface area contributed by atoms with Gasteiger partial charge in [-0.2, -0.15) is 5.10 Å². The fourth-order valence-electron chi connectivity index (χ4n) is 2.93. The van der Waals surface area contributed by atoms with Crippen LogP contribution in [0.4, 0.5) is 5.69 Å². The molecule has 2 heterocycles. The summed E-state index contributed by atoms with van der Waals surface area (Å²) >= 11 is 1.61. The van der Waals surface area contributed by atoms with E-state index in [0.717, 1.165) is 33.1 Å². The molecule has 0 aliphatic carbocycles. The van der Waals surface area contributed by atoms with Crippen molar-refractivity contribution in [2.45, 2.75) is 13.8 Å². The average Bonchev–Trinajstić information content (AvgIpc) is 3.35. The van der Waals surface area contributed by atoms with Gasteiger partial charge in [-0.25, -0.2) is 4.68 Å². The largest absolute Gasteiger partial charge is 0.320 e. The number of carbonyl (C=O) groups excluding carboxylic acids is 1. The Bertz CT molecular complexity index is 1080. The number of benzene rings is 2. The van der Waals surface area contributed by atoms with E-state index in [0.29, 0.717) is 5.69 Å². The number of thiophene rings is 1. The van der Waals surface area contributed by atoms with Crippen molar-refractivity contribution in [2.75, 3.05) is 5.32 Å². The molecule has 0 atom stereocenters. The van der Waals surface area contributed by atoms with E-state index in [1.54, 1.807) is 16.0 Å². The molecule has 5 heteroatoms. The Hall–Kier alpha value is -3.18. The molecule has 0 aliphatic heterocycles. The van der Waals surface area contributed by atoms with Gasteiger partial charge in [-0.3, -0.25) is 4.79 Å². The molecule has 2 aromatic carbocycles. The minimum absolute atomic E-state index is 0.178. The number of hydrogen-bond acceptors (Lipinski definition) is 3. The zero-order valence-electron chi connectivity index (χ0n) is 15.1. The van der Waals surface area contributed by atoms with E-state index in [4.69, 9.17) is 5.10 Å². The Balaban J connectivity index is 1.76. The van der Waals surface area contributed by atoms with Crippen molar-refractivity contribution in [1.29, 1.82) is 0 Å². The van der Waals surface area contributed by atoms with Gasteiger partial charge in [0.15, 0.2) is 0 Å². The summed E-state index contributed by atoms with van der Waals surface area (Å²) in [5.74, 6) is -0.178. The van der Waals surface area contributed by atoms with E-state index < -0.39 is 0 Å². The topological polar surface area (TPSA) is 46.9 Å². The Morgan fingerprint density at radius 3 is 2.56 bits per heavy atom. The van der Waals surface area contributed by atoms with E-state index in [1.807, 2.05) is 86.0 Å². The molecule has 4 nitrogen and oxygen atoms in total. The predicted molar refractivity (Wildman–Crippen MR) is 111 cm³/mol. The fourth-order valence-corrected chi connectivity index (χ4v) is 3.61. The lowest BCUT2D eigenvalue weighted by Crippen LogP contribution is -2.17. The van der Waals surface area contributed by atoms with E-state index in [2.05, 4.69) is 5.32 Å². The lowest BCUT2D eigenvalue weighted by Gasteiger charge is -2.11. The number of aromatic nitrogens is 2. The van der Waals surface area contributed by atoms with Gasteiger partial charge in [-0.1, -0.05) is 36.4 Å². The summed E-state index contributed by atoms with van der Waals surface area (Å²) in [6, 6.07) is 21.5. The molecule has 0 radical (unpaired) electrons. The van der Waals surface area contributed by atoms with Crippen LogP contribution in [0.25, 0.3) is 16.3 Å². The summed E-state index contributed by atoms with van der Waals surface area (Å²) in [5, 5.41) is 9.74. The smallest absolute Gasteiger partial charge is 0.274 e. The lowest BCUT2D eigenvalue weighted by molar-refractivity contribution is 0.101. The van der Waals surface area contributed by atoms with Gasteiger partial charge in [-0.05, 0) is 60.7 Å². The van der Waals surface area contributed by atoms with Gasteiger partial charge in [0.05, 0.1) is 10.6 Å². The number of nitrogens with one attached hydrogen (secondary N) is 1. The first-order valence-corrected chi connectivity index (χ1v) is 9.58. The van der Waals surface area contributed by atoms with Gasteiger partial charge in [0.1, 0.15) is 11.4 Å². The number of nitrogens with zero attached hydrogens (tertiary/aromatic N) is 2. The fraction of sp³-hybridized carbons (Fsp3) is 0.0909. The molecule has 0 saturated heterocycles. The molecule has 0 spiro atoms. The van der Waals surface area contributed by atoms with Gasteiger partial charge in [0.2, 0.25) is 0 Å². The third-order valence-electron chi connectivity index (χ3n) is 4.57. The minimum Gasteiger partial charge on any atom is -0.320 e. The quantitative estimate of drug-likeness (QED) is 0.515. The van der Waals surface area contributed by atoms with Crippen molar-refractivity contribution in [3.63, 3.8) is 0 Å². The van der Waals surface area contributed by atoms with Crippen molar-refractivity contribution in [3.05, 3.63) is 88.9 Å². The molecule has 0 aliphatic rings. The monoisotopic (exact) mass is 373 g/mol. The normalized spacial score (nSPS) is 10.7. The van der Waals surface area contributed by atoms with E-state index in [1.165, 1.54) is 0 Å². The summed E-state index contributed by atoms with van der Waals surface area (Å²) in [7, 11) is 0. The van der Waals surface area contributed by atoms with Crippen LogP contribution in [0.1, 0.15) is 21.6 Å². The first-order valence-electron chi connectivity index (χ1n) is 8.70. The molecule has 1 amide bonds. The summed E-state index contributed by atoms with van der Waals surface area (Å²) < 4.78 is 1.70. The van der Waals surface area contributed by atoms with Crippen molar-refractivity contribution in [2.24, 2.45) is 0 Å². The molecule has 4 rings (SSSR count). The van der Waals surface area contributed by atoms with Crippen LogP contribution in [0.15, 0.2) is 72.1 Å². The van der Waals surface area contributed by atoms with Crippen LogP contribution in [0.2, 0.25) is 0 Å². The highest BCUT2D eigenvalue weighted by Gasteiger charge is 2.19. The Kier molecular flexibility index (Phi) is 4.60. The molecule has 0 unspecified atom stereocenters. The van der Waals surface area contributed by atoms with Crippen LogP contribution in [0.3, 0.4) is 0 Å². The van der Waals surface area contributed by atoms with Crippen LogP contribution in [0.5, 0.6) is 0 Å². The number of hydrogen-bond donors (Lipinski definition) is 1. The van der Waals surface area contributed by atoms with E-state index in [9.17, 15) is 4.79 Å². The van der Waals surface area contributed by atoms with Crippen LogP contribution in [-0.4, -0.2) is 15.7 Å². The van der Waals surface area contributed by atoms with Gasteiger partial charge in [-0.15, -0.1) is 11.3 Å². The number of amides is 1. The third-order valence-corrected chi connectivity index (χ3v) is 5.46. The van der Waals surface area contributed by atoms with Crippen molar-refractivity contribution in [1.82, 2.24) is 9.78 Å². The average molecular weight is 373 g/mol. The molecular weight excluding hydrogens is 354 g/mol. The first-order chi connectivity index (χ1) is 13.1. The summed E-state index contributed by atoms with van der Waals surface area (Å²) in [5.41, 5.74) is 5.18.